The molecule has 1 heterocycles. The highest BCUT2D eigenvalue weighted by Gasteiger charge is 2.22. The molecule has 0 amide bonds. The van der Waals surface area contributed by atoms with Crippen molar-refractivity contribution in [3.05, 3.63) is 46.8 Å². The first-order valence-corrected chi connectivity index (χ1v) is 6.71. The van der Waals surface area contributed by atoms with Crippen LogP contribution in [0.4, 0.5) is 0 Å². The van der Waals surface area contributed by atoms with E-state index in [4.69, 9.17) is 19.7 Å². The Kier molecular flexibility index (Phi) is 3.71. The molecule has 20 heavy (non-hydrogen) atoms. The van der Waals surface area contributed by atoms with Gasteiger partial charge in [-0.3, -0.25) is 0 Å². The van der Waals surface area contributed by atoms with E-state index in [0.717, 1.165) is 24.3 Å². The molecule has 1 unspecified atom stereocenters. The molecule has 5 nitrogen and oxygen atoms in total. The molecule has 1 aromatic heterocycles. The van der Waals surface area contributed by atoms with Gasteiger partial charge in [-0.05, 0) is 30.0 Å². The molecule has 0 spiro atoms. The molecule has 3 rings (SSSR count). The van der Waals surface area contributed by atoms with Gasteiger partial charge in [0.2, 0.25) is 0 Å². The average molecular weight is 274 g/mol. The van der Waals surface area contributed by atoms with Crippen molar-refractivity contribution in [3.63, 3.8) is 0 Å². The summed E-state index contributed by atoms with van der Waals surface area (Å²) in [7, 11) is 1.62. The van der Waals surface area contributed by atoms with Gasteiger partial charge in [0.1, 0.15) is 24.7 Å². The highest BCUT2D eigenvalue weighted by Crippen LogP contribution is 2.35. The molecular formula is C15H18N2O3. The van der Waals surface area contributed by atoms with E-state index in [2.05, 4.69) is 11.2 Å². The molecule has 106 valence electrons. The van der Waals surface area contributed by atoms with Gasteiger partial charge < -0.3 is 19.7 Å². The Morgan fingerprint density at radius 3 is 3.15 bits per heavy atom. The average Bonchev–Trinajstić information content (AvgIpc) is 3.05. The number of aromatic nitrogens is 1. The van der Waals surface area contributed by atoms with Crippen molar-refractivity contribution in [2.75, 3.05) is 7.11 Å². The Bertz CT molecular complexity index is 595. The Morgan fingerprint density at radius 2 is 2.30 bits per heavy atom. The van der Waals surface area contributed by atoms with Crippen molar-refractivity contribution in [3.8, 4) is 5.75 Å². The van der Waals surface area contributed by atoms with E-state index in [1.54, 1.807) is 7.11 Å². The van der Waals surface area contributed by atoms with Crippen LogP contribution in [0.1, 0.15) is 35.0 Å². The van der Waals surface area contributed by atoms with Gasteiger partial charge in [0.25, 0.3) is 0 Å². The van der Waals surface area contributed by atoms with Crippen molar-refractivity contribution in [2.45, 2.75) is 32.1 Å². The zero-order chi connectivity index (χ0) is 13.9. The van der Waals surface area contributed by atoms with Crippen molar-refractivity contribution in [2.24, 2.45) is 5.73 Å². The number of nitrogens with two attached hydrogens (primary N) is 1. The van der Waals surface area contributed by atoms with Crippen LogP contribution in [0.25, 0.3) is 0 Å². The molecule has 1 aromatic carbocycles. The Balaban J connectivity index is 1.69. The summed E-state index contributed by atoms with van der Waals surface area (Å²) >= 11 is 0. The van der Waals surface area contributed by atoms with E-state index in [-0.39, 0.29) is 6.04 Å². The predicted octanol–water partition coefficient (Wildman–Crippen LogP) is 2.35. The number of benzene rings is 1. The van der Waals surface area contributed by atoms with Gasteiger partial charge in [0.05, 0.1) is 0 Å². The van der Waals surface area contributed by atoms with E-state index < -0.39 is 0 Å². The van der Waals surface area contributed by atoms with Crippen LogP contribution in [-0.2, 0) is 24.4 Å². The molecule has 0 fully saturated rings. The first-order chi connectivity index (χ1) is 9.78. The second kappa shape index (κ2) is 5.64. The number of hydrogen-bond acceptors (Lipinski definition) is 5. The number of nitrogens with zero attached hydrogens (tertiary/aromatic N) is 1. The summed E-state index contributed by atoms with van der Waals surface area (Å²) in [6.07, 6.45) is 1.96. The molecule has 0 radical (unpaired) electrons. The third-order valence-corrected chi connectivity index (χ3v) is 3.54. The Morgan fingerprint density at radius 1 is 1.40 bits per heavy atom. The molecule has 0 aliphatic heterocycles. The van der Waals surface area contributed by atoms with Crippen molar-refractivity contribution < 1.29 is 14.0 Å². The van der Waals surface area contributed by atoms with Crippen LogP contribution >= 0.6 is 0 Å². The van der Waals surface area contributed by atoms with E-state index >= 15 is 0 Å². The third-order valence-electron chi connectivity index (χ3n) is 3.54. The summed E-state index contributed by atoms with van der Waals surface area (Å²) in [6, 6.07) is 8.02. The standard InChI is InChI=1S/C15H18N2O3/c1-18-9-11-7-10(17-20-11)8-19-15-4-2-3-12-13(15)5-6-14(12)16/h2-4,7,14H,5-6,8-9,16H2,1H3. The number of fused-ring (bicyclic) bond motifs is 1. The highest BCUT2D eigenvalue weighted by molar-refractivity contribution is 5.44. The van der Waals surface area contributed by atoms with E-state index in [1.807, 2.05) is 18.2 Å². The molecule has 5 heteroatoms. The quantitative estimate of drug-likeness (QED) is 0.906. The van der Waals surface area contributed by atoms with Crippen LogP contribution in [0.15, 0.2) is 28.8 Å². The summed E-state index contributed by atoms with van der Waals surface area (Å²) < 4.78 is 16.0. The van der Waals surface area contributed by atoms with Crippen molar-refractivity contribution in [1.82, 2.24) is 5.16 Å². The summed E-state index contributed by atoms with van der Waals surface area (Å²) in [5.74, 6) is 1.60. The lowest BCUT2D eigenvalue weighted by molar-refractivity contribution is 0.155. The number of methoxy groups -OCH3 is 1. The molecule has 0 saturated carbocycles. The molecule has 1 aliphatic rings. The SMILES string of the molecule is COCc1cc(COc2cccc3c2CCC3N)no1. The van der Waals surface area contributed by atoms with Gasteiger partial charge >= 0.3 is 0 Å². The van der Waals surface area contributed by atoms with E-state index in [0.29, 0.717) is 19.0 Å². The fourth-order valence-electron chi connectivity index (χ4n) is 2.57. The van der Waals surface area contributed by atoms with E-state index in [1.165, 1.54) is 11.1 Å². The van der Waals surface area contributed by atoms with Crippen LogP contribution in [0.2, 0.25) is 0 Å². The second-order valence-electron chi connectivity index (χ2n) is 4.98. The summed E-state index contributed by atoms with van der Waals surface area (Å²) in [5, 5.41) is 3.95. The van der Waals surface area contributed by atoms with E-state index in [9.17, 15) is 0 Å². The van der Waals surface area contributed by atoms with Crippen LogP contribution in [0, 0.1) is 0 Å². The van der Waals surface area contributed by atoms with Gasteiger partial charge in [-0.25, -0.2) is 0 Å². The topological polar surface area (TPSA) is 70.5 Å². The van der Waals surface area contributed by atoms with Gasteiger partial charge in [0.15, 0.2) is 5.76 Å². The first-order valence-electron chi connectivity index (χ1n) is 6.71. The number of rotatable bonds is 5. The third kappa shape index (κ3) is 2.55. The Hall–Kier alpha value is -1.85. The lowest BCUT2D eigenvalue weighted by atomic mass is 10.1. The lowest BCUT2D eigenvalue weighted by Crippen LogP contribution is -2.05. The maximum absolute atomic E-state index is 6.06. The fourth-order valence-corrected chi connectivity index (χ4v) is 2.57. The summed E-state index contributed by atoms with van der Waals surface area (Å²) in [5.41, 5.74) is 9.24. The van der Waals surface area contributed by atoms with Crippen LogP contribution in [0.5, 0.6) is 5.75 Å². The highest BCUT2D eigenvalue weighted by atomic mass is 16.5. The van der Waals surface area contributed by atoms with Gasteiger partial charge in [-0.2, -0.15) is 0 Å². The Labute approximate surface area is 117 Å². The molecule has 0 saturated heterocycles. The minimum atomic E-state index is 0.133. The van der Waals surface area contributed by atoms with Gasteiger partial charge in [0, 0.05) is 19.2 Å². The molecule has 2 N–H and O–H groups in total. The number of ether oxygens (including phenoxy) is 2. The summed E-state index contributed by atoms with van der Waals surface area (Å²) in [6.45, 7) is 0.807. The minimum absolute atomic E-state index is 0.133. The largest absolute Gasteiger partial charge is 0.487 e. The molecular weight excluding hydrogens is 256 g/mol. The molecule has 0 bridgehead atoms. The van der Waals surface area contributed by atoms with Gasteiger partial charge in [-0.1, -0.05) is 17.3 Å². The molecule has 2 aromatic rings. The maximum Gasteiger partial charge on any atom is 0.162 e. The smallest absolute Gasteiger partial charge is 0.162 e. The minimum Gasteiger partial charge on any atom is -0.487 e. The van der Waals surface area contributed by atoms with Gasteiger partial charge in [-0.15, -0.1) is 0 Å². The predicted molar refractivity (Wildman–Crippen MR) is 73.2 cm³/mol. The van der Waals surface area contributed by atoms with Crippen molar-refractivity contribution in [1.29, 1.82) is 0 Å². The maximum atomic E-state index is 6.06. The second-order valence-corrected chi connectivity index (χ2v) is 4.98. The lowest BCUT2D eigenvalue weighted by Gasteiger charge is -2.10. The first kappa shape index (κ1) is 13.1. The summed E-state index contributed by atoms with van der Waals surface area (Å²) in [4.78, 5) is 0. The van der Waals surface area contributed by atoms with Crippen molar-refractivity contribution >= 4 is 0 Å². The zero-order valence-electron chi connectivity index (χ0n) is 11.5. The monoisotopic (exact) mass is 274 g/mol. The molecule has 1 atom stereocenters. The fraction of sp³-hybridized carbons (Fsp3) is 0.400. The number of hydrogen-bond donors (Lipinski definition) is 1. The normalized spacial score (nSPS) is 17.2. The van der Waals surface area contributed by atoms with Crippen LogP contribution in [0.3, 0.4) is 0 Å². The van der Waals surface area contributed by atoms with Crippen LogP contribution < -0.4 is 10.5 Å². The zero-order valence-corrected chi connectivity index (χ0v) is 11.5. The molecule has 1 aliphatic carbocycles. The van der Waals surface area contributed by atoms with Crippen LogP contribution in [-0.4, -0.2) is 12.3 Å².